The van der Waals surface area contributed by atoms with E-state index in [1.165, 1.54) is 0 Å². The third-order valence-corrected chi connectivity index (χ3v) is 4.76. The van der Waals surface area contributed by atoms with Crippen LogP contribution in [0.25, 0.3) is 22.8 Å². The van der Waals surface area contributed by atoms with E-state index < -0.39 is 12.1 Å². The summed E-state index contributed by atoms with van der Waals surface area (Å²) in [7, 11) is 0. The van der Waals surface area contributed by atoms with E-state index in [1.807, 2.05) is 20.8 Å². The molecule has 0 radical (unpaired) electrons. The fourth-order valence-corrected chi connectivity index (χ4v) is 3.18. The van der Waals surface area contributed by atoms with Crippen molar-refractivity contribution in [2.24, 2.45) is 0 Å². The molecule has 2 aromatic carbocycles. The Morgan fingerprint density at radius 2 is 1.97 bits per heavy atom. The van der Waals surface area contributed by atoms with E-state index in [1.54, 1.807) is 43.3 Å². The van der Waals surface area contributed by atoms with Gasteiger partial charge in [0.1, 0.15) is 17.6 Å². The summed E-state index contributed by atoms with van der Waals surface area (Å²) in [6, 6.07) is 12.6. The van der Waals surface area contributed by atoms with Gasteiger partial charge in [0.05, 0.1) is 11.7 Å². The lowest BCUT2D eigenvalue weighted by Crippen LogP contribution is -2.25. The third kappa shape index (κ3) is 5.06. The number of carbonyl (C=O) groups is 1. The molecule has 1 heterocycles. The molecule has 0 fully saturated rings. The van der Waals surface area contributed by atoms with Crippen molar-refractivity contribution in [2.45, 2.75) is 52.7 Å². The molecule has 0 spiro atoms. The lowest BCUT2D eigenvalue weighted by molar-refractivity contribution is -0.145. The van der Waals surface area contributed by atoms with E-state index in [9.17, 15) is 15.2 Å². The fraction of sp³-hybridized carbons (Fsp3) is 0.333. The lowest BCUT2D eigenvalue weighted by atomic mass is 10.0. The zero-order chi connectivity index (χ0) is 23.3. The molecule has 0 bridgehead atoms. The maximum atomic E-state index is 11.2. The average Bonchev–Trinajstić information content (AvgIpc) is 3.27. The Balaban J connectivity index is 1.89. The summed E-state index contributed by atoms with van der Waals surface area (Å²) >= 11 is 0. The van der Waals surface area contributed by atoms with Crippen molar-refractivity contribution in [3.8, 4) is 40.4 Å². The molecule has 0 amide bonds. The first kappa shape index (κ1) is 22.8. The van der Waals surface area contributed by atoms with E-state index in [-0.39, 0.29) is 12.0 Å². The van der Waals surface area contributed by atoms with Gasteiger partial charge in [0, 0.05) is 11.1 Å². The van der Waals surface area contributed by atoms with Crippen molar-refractivity contribution < 1.29 is 23.9 Å². The van der Waals surface area contributed by atoms with Gasteiger partial charge in [0.25, 0.3) is 5.89 Å². The Bertz CT molecular complexity index is 1150. The number of ether oxygens (including phenoxy) is 2. The number of nitriles is 1. The molecule has 1 N–H and O–H groups in total. The number of rotatable bonds is 9. The Morgan fingerprint density at radius 3 is 2.59 bits per heavy atom. The van der Waals surface area contributed by atoms with E-state index in [0.29, 0.717) is 41.3 Å². The van der Waals surface area contributed by atoms with Crippen LogP contribution in [0.15, 0.2) is 40.9 Å². The standard InChI is InChI=1S/C24H25N3O5/c1-5-15-12-18(31-20(6-2)24(28)29)8-9-19(15)22-26-23(32-27-22)16-7-10-21(30-14(3)4)17(11-16)13-25/h7-12,14,20H,5-6H2,1-4H3,(H,28,29). The Hall–Kier alpha value is -3.86. The number of benzene rings is 2. The van der Waals surface area contributed by atoms with Crippen molar-refractivity contribution in [2.75, 3.05) is 0 Å². The smallest absolute Gasteiger partial charge is 0.344 e. The van der Waals surface area contributed by atoms with Crippen LogP contribution >= 0.6 is 0 Å². The molecule has 8 heteroatoms. The molecule has 166 valence electrons. The largest absolute Gasteiger partial charge is 0.490 e. The van der Waals surface area contributed by atoms with Gasteiger partial charge >= 0.3 is 5.97 Å². The van der Waals surface area contributed by atoms with Crippen LogP contribution < -0.4 is 9.47 Å². The normalized spacial score (nSPS) is 11.8. The molecule has 0 saturated heterocycles. The number of nitrogens with zero attached hydrogens (tertiary/aromatic N) is 3. The molecule has 32 heavy (non-hydrogen) atoms. The van der Waals surface area contributed by atoms with Crippen LogP contribution in [0.4, 0.5) is 0 Å². The van der Waals surface area contributed by atoms with Gasteiger partial charge in [-0.25, -0.2) is 4.79 Å². The summed E-state index contributed by atoms with van der Waals surface area (Å²) in [5.41, 5.74) is 2.66. The van der Waals surface area contributed by atoms with E-state index in [0.717, 1.165) is 11.1 Å². The van der Waals surface area contributed by atoms with Gasteiger partial charge in [-0.1, -0.05) is 19.0 Å². The predicted octanol–water partition coefficient (Wildman–Crippen LogP) is 4.87. The Labute approximate surface area is 186 Å². The highest BCUT2D eigenvalue weighted by Gasteiger charge is 2.19. The van der Waals surface area contributed by atoms with Crippen LogP contribution in [0.3, 0.4) is 0 Å². The molecule has 1 aromatic heterocycles. The van der Waals surface area contributed by atoms with Crippen LogP contribution in [0, 0.1) is 11.3 Å². The van der Waals surface area contributed by atoms with Gasteiger partial charge in [-0.2, -0.15) is 10.2 Å². The van der Waals surface area contributed by atoms with Gasteiger partial charge in [0.15, 0.2) is 6.10 Å². The topological polar surface area (TPSA) is 118 Å². The molecule has 1 unspecified atom stereocenters. The van der Waals surface area contributed by atoms with Crippen LogP contribution in [-0.2, 0) is 11.2 Å². The zero-order valence-corrected chi connectivity index (χ0v) is 18.5. The van der Waals surface area contributed by atoms with E-state index in [2.05, 4.69) is 16.2 Å². The Morgan fingerprint density at radius 1 is 1.19 bits per heavy atom. The number of hydrogen-bond donors (Lipinski definition) is 1. The quantitative estimate of drug-likeness (QED) is 0.506. The molecule has 3 aromatic rings. The van der Waals surface area contributed by atoms with Gasteiger partial charge in [0.2, 0.25) is 5.82 Å². The minimum absolute atomic E-state index is 0.0505. The van der Waals surface area contributed by atoms with Crippen molar-refractivity contribution in [3.05, 3.63) is 47.5 Å². The number of aromatic nitrogens is 2. The van der Waals surface area contributed by atoms with Gasteiger partial charge < -0.3 is 19.1 Å². The number of hydrogen-bond acceptors (Lipinski definition) is 7. The monoisotopic (exact) mass is 435 g/mol. The average molecular weight is 435 g/mol. The molecule has 0 aliphatic heterocycles. The molecule has 8 nitrogen and oxygen atoms in total. The number of aliphatic carboxylic acids is 1. The first-order valence-corrected chi connectivity index (χ1v) is 10.4. The first-order chi connectivity index (χ1) is 15.4. The van der Waals surface area contributed by atoms with Crippen LogP contribution in [0.2, 0.25) is 0 Å². The third-order valence-electron chi connectivity index (χ3n) is 4.76. The summed E-state index contributed by atoms with van der Waals surface area (Å²) in [6.45, 7) is 7.52. The van der Waals surface area contributed by atoms with Crippen LogP contribution in [0.1, 0.15) is 45.2 Å². The molecule has 0 aliphatic rings. The molecule has 0 aliphatic carbocycles. The van der Waals surface area contributed by atoms with Crippen molar-refractivity contribution in [1.82, 2.24) is 10.1 Å². The fourth-order valence-electron chi connectivity index (χ4n) is 3.18. The first-order valence-electron chi connectivity index (χ1n) is 10.4. The van der Waals surface area contributed by atoms with Gasteiger partial charge in [-0.15, -0.1) is 0 Å². The second kappa shape index (κ2) is 9.96. The SMILES string of the molecule is CCc1cc(OC(CC)C(=O)O)ccc1-c1noc(-c2ccc(OC(C)C)c(C#N)c2)n1. The number of aryl methyl sites for hydroxylation is 1. The molecule has 1 atom stereocenters. The summed E-state index contributed by atoms with van der Waals surface area (Å²) in [5.74, 6) is 0.658. The van der Waals surface area contributed by atoms with Crippen molar-refractivity contribution in [3.63, 3.8) is 0 Å². The summed E-state index contributed by atoms with van der Waals surface area (Å²) in [6.07, 6.45) is 0.0724. The highest BCUT2D eigenvalue weighted by atomic mass is 16.5. The predicted molar refractivity (Wildman–Crippen MR) is 117 cm³/mol. The summed E-state index contributed by atoms with van der Waals surface area (Å²) < 4.78 is 16.7. The van der Waals surface area contributed by atoms with Crippen LogP contribution in [0.5, 0.6) is 11.5 Å². The van der Waals surface area contributed by atoms with Gasteiger partial charge in [-0.05, 0) is 68.7 Å². The molecular formula is C24H25N3O5. The minimum atomic E-state index is -1.00. The van der Waals surface area contributed by atoms with E-state index in [4.69, 9.17) is 14.0 Å². The second-order valence-electron chi connectivity index (χ2n) is 7.44. The zero-order valence-electron chi connectivity index (χ0n) is 18.5. The van der Waals surface area contributed by atoms with Crippen molar-refractivity contribution in [1.29, 1.82) is 5.26 Å². The van der Waals surface area contributed by atoms with Crippen LogP contribution in [-0.4, -0.2) is 33.4 Å². The minimum Gasteiger partial charge on any atom is -0.490 e. The molecular weight excluding hydrogens is 410 g/mol. The van der Waals surface area contributed by atoms with Gasteiger partial charge in [-0.3, -0.25) is 0 Å². The maximum absolute atomic E-state index is 11.2. The maximum Gasteiger partial charge on any atom is 0.344 e. The van der Waals surface area contributed by atoms with Crippen molar-refractivity contribution >= 4 is 5.97 Å². The molecule has 0 saturated carbocycles. The Kier molecular flexibility index (Phi) is 7.11. The number of carboxylic acids is 1. The van der Waals surface area contributed by atoms with E-state index >= 15 is 0 Å². The highest BCUT2D eigenvalue weighted by molar-refractivity contribution is 5.73. The number of carboxylic acid groups (broad SMARTS) is 1. The molecule has 3 rings (SSSR count). The lowest BCUT2D eigenvalue weighted by Gasteiger charge is -2.14. The highest BCUT2D eigenvalue weighted by Crippen LogP contribution is 2.30. The summed E-state index contributed by atoms with van der Waals surface area (Å²) in [5, 5.41) is 22.8. The summed E-state index contributed by atoms with van der Waals surface area (Å²) in [4.78, 5) is 15.7. The second-order valence-corrected chi connectivity index (χ2v) is 7.44.